The Morgan fingerprint density at radius 3 is 1.10 bits per heavy atom. The predicted molar refractivity (Wildman–Crippen MR) is 317 cm³/mol. The van der Waals surface area contributed by atoms with E-state index in [0.29, 0.717) is 38.5 Å². The van der Waals surface area contributed by atoms with Crippen LogP contribution < -0.4 is 0 Å². The number of esters is 5. The highest BCUT2D eigenvalue weighted by Gasteiger charge is 2.27. The molecule has 5 atom stereocenters. The van der Waals surface area contributed by atoms with Gasteiger partial charge in [-0.1, -0.05) is 147 Å². The normalized spacial score (nSPS) is 13.3. The number of carbonyl (C=O) groups excluding carboxylic acids is 6. The maximum atomic E-state index is 13.5. The summed E-state index contributed by atoms with van der Waals surface area (Å²) in [5, 5.41) is 6.89. The van der Waals surface area contributed by atoms with Crippen LogP contribution in [0.2, 0.25) is 0 Å². The quantitative estimate of drug-likeness (QED) is 0.0268. The van der Waals surface area contributed by atoms with Crippen LogP contribution in [-0.2, 0) is 82.9 Å². The van der Waals surface area contributed by atoms with E-state index >= 15 is 0 Å². The summed E-state index contributed by atoms with van der Waals surface area (Å²) in [7, 11) is 0. The molecule has 0 heterocycles. The van der Waals surface area contributed by atoms with Gasteiger partial charge in [-0.2, -0.15) is 0 Å². The van der Waals surface area contributed by atoms with Gasteiger partial charge in [0, 0.05) is 25.9 Å². The van der Waals surface area contributed by atoms with E-state index in [1.165, 1.54) is 21.6 Å². The van der Waals surface area contributed by atoms with Crippen LogP contribution in [-0.4, -0.2) is 103 Å². The van der Waals surface area contributed by atoms with E-state index in [2.05, 4.69) is 62.4 Å². The van der Waals surface area contributed by atoms with Crippen molar-refractivity contribution in [3.63, 3.8) is 0 Å². The van der Waals surface area contributed by atoms with Crippen LogP contribution in [0, 0.1) is 51.4 Å². The van der Waals surface area contributed by atoms with Gasteiger partial charge in [-0.3, -0.25) is 28.8 Å². The lowest BCUT2D eigenvalue weighted by molar-refractivity contribution is -0.169. The Balaban J connectivity index is 0.00000575. The van der Waals surface area contributed by atoms with Crippen LogP contribution in [0.5, 0.6) is 0 Å². The SMILES string of the molecule is Cc1ccc(CCC(C)CC(COC(=O)C(C)CCc2ccc(C)cc2)OC(=O)CCCN(CCCC(=O)OC(COC(=O)C(C)CCc2ccc(C)cc2)COC(=O)C(C)CCc2ccc(C)cc2)C(=O)OC(C)(C)C)cc1.O=CO. The number of benzene rings is 4. The van der Waals surface area contributed by atoms with Gasteiger partial charge in [-0.25, -0.2) is 4.79 Å². The summed E-state index contributed by atoms with van der Waals surface area (Å²) in [5.41, 5.74) is 8.43. The number of rotatable bonds is 33. The standard InChI is InChI=1S/C66H91NO12.CH2O2/c1-46-16-28-54(29-17-46)36-24-50(5)42-58(43-74-62(70)51(6)25-37-55-30-18-47(2)19-31-55)77-60(68)14-12-40-67(65(73)79-66(9,10)11)41-13-15-61(69)78-59(44-75-63(71)52(7)26-38-56-32-20-48(3)21-33-56)45-76-64(72)53(8)27-39-57-34-22-49(4)23-35-57;2-1-3/h16-23,28-35,50-53,58-59H,12-15,24-27,36-45H2,1-11H3;1H,(H,2,3). The number of ether oxygens (including phenoxy) is 6. The summed E-state index contributed by atoms with van der Waals surface area (Å²) >= 11 is 0. The molecule has 15 nitrogen and oxygen atoms in total. The number of aryl methyl sites for hydroxylation is 8. The first kappa shape index (κ1) is 69.2. The van der Waals surface area contributed by atoms with Crippen LogP contribution >= 0.6 is 0 Å². The highest BCUT2D eigenvalue weighted by Crippen LogP contribution is 2.21. The molecule has 1 N–H and O–H groups in total. The molecular weight excluding hydrogens is 1040 g/mol. The monoisotopic (exact) mass is 1140 g/mol. The highest BCUT2D eigenvalue weighted by atomic mass is 16.6. The maximum Gasteiger partial charge on any atom is 0.410 e. The molecule has 4 aromatic carbocycles. The first-order valence-electron chi connectivity index (χ1n) is 29.1. The Hall–Kier alpha value is -7.03. The number of carbonyl (C=O) groups is 7. The fourth-order valence-corrected chi connectivity index (χ4v) is 8.66. The van der Waals surface area contributed by atoms with Crippen LogP contribution in [0.15, 0.2) is 97.1 Å². The van der Waals surface area contributed by atoms with Crippen LogP contribution in [0.4, 0.5) is 4.79 Å². The van der Waals surface area contributed by atoms with Crippen molar-refractivity contribution in [3.05, 3.63) is 142 Å². The Morgan fingerprint density at radius 1 is 0.488 bits per heavy atom. The molecule has 4 rings (SSSR count). The predicted octanol–water partition coefficient (Wildman–Crippen LogP) is 12.6. The molecular formula is C67H93NO14. The van der Waals surface area contributed by atoms with Gasteiger partial charge in [-0.15, -0.1) is 0 Å². The van der Waals surface area contributed by atoms with Gasteiger partial charge >= 0.3 is 35.9 Å². The van der Waals surface area contributed by atoms with Crippen molar-refractivity contribution in [2.75, 3.05) is 32.9 Å². The molecule has 4 aromatic rings. The van der Waals surface area contributed by atoms with Gasteiger partial charge in [0.2, 0.25) is 0 Å². The minimum absolute atomic E-state index is 0.0231. The lowest BCUT2D eigenvalue weighted by Crippen LogP contribution is -2.38. The summed E-state index contributed by atoms with van der Waals surface area (Å²) in [5.74, 6) is -3.46. The maximum absolute atomic E-state index is 13.5. The van der Waals surface area contributed by atoms with Gasteiger partial charge in [-0.05, 0) is 147 Å². The lowest BCUT2D eigenvalue weighted by atomic mass is 9.95. The van der Waals surface area contributed by atoms with Crippen molar-refractivity contribution < 1.29 is 67.1 Å². The van der Waals surface area contributed by atoms with Crippen molar-refractivity contribution >= 4 is 42.4 Å². The molecule has 0 aliphatic heterocycles. The van der Waals surface area contributed by atoms with Gasteiger partial charge in [0.1, 0.15) is 31.5 Å². The molecule has 0 aromatic heterocycles. The van der Waals surface area contributed by atoms with E-state index in [1.807, 2.05) is 76.2 Å². The Morgan fingerprint density at radius 2 is 0.780 bits per heavy atom. The molecule has 15 heteroatoms. The fourth-order valence-electron chi connectivity index (χ4n) is 8.66. The topological polar surface area (TPSA) is 198 Å². The van der Waals surface area contributed by atoms with Crippen LogP contribution in [0.25, 0.3) is 0 Å². The number of nitrogens with zero attached hydrogens (tertiary/aromatic N) is 1. The summed E-state index contributed by atoms with van der Waals surface area (Å²) in [6.07, 6.45) is 3.94. The second-order valence-corrected chi connectivity index (χ2v) is 23.0. The summed E-state index contributed by atoms with van der Waals surface area (Å²) in [6, 6.07) is 32.9. The molecule has 450 valence electrons. The molecule has 1 amide bonds. The average molecular weight is 1140 g/mol. The summed E-state index contributed by atoms with van der Waals surface area (Å²) in [6.45, 7) is 20.2. The summed E-state index contributed by atoms with van der Waals surface area (Å²) < 4.78 is 34.7. The van der Waals surface area contributed by atoms with E-state index in [0.717, 1.165) is 47.1 Å². The zero-order valence-corrected chi connectivity index (χ0v) is 50.7. The zero-order chi connectivity index (χ0) is 60.6. The van der Waals surface area contributed by atoms with Crippen molar-refractivity contribution in [2.45, 2.75) is 177 Å². The van der Waals surface area contributed by atoms with Crippen molar-refractivity contribution in [3.8, 4) is 0 Å². The third-order valence-electron chi connectivity index (χ3n) is 14.0. The van der Waals surface area contributed by atoms with E-state index in [9.17, 15) is 28.8 Å². The van der Waals surface area contributed by atoms with E-state index < -0.39 is 59.6 Å². The molecule has 0 aliphatic rings. The Bertz CT molecular complexity index is 2460. The van der Waals surface area contributed by atoms with Crippen LogP contribution in [0.1, 0.15) is 151 Å². The average Bonchev–Trinajstić information content (AvgIpc) is 3.43. The molecule has 82 heavy (non-hydrogen) atoms. The Labute approximate surface area is 488 Å². The largest absolute Gasteiger partial charge is 0.483 e. The van der Waals surface area contributed by atoms with Gasteiger partial charge < -0.3 is 38.4 Å². The second-order valence-electron chi connectivity index (χ2n) is 23.0. The molecule has 0 aliphatic carbocycles. The number of hydrogen-bond acceptors (Lipinski definition) is 13. The number of carboxylic acid groups (broad SMARTS) is 1. The molecule has 5 unspecified atom stereocenters. The Kier molecular flexibility index (Phi) is 31.4. The minimum atomic E-state index is -1.07. The first-order valence-corrected chi connectivity index (χ1v) is 29.1. The first-order chi connectivity index (χ1) is 38.9. The second kappa shape index (κ2) is 37.1. The van der Waals surface area contributed by atoms with Gasteiger partial charge in [0.05, 0.1) is 17.8 Å². The van der Waals surface area contributed by atoms with Crippen molar-refractivity contribution in [2.24, 2.45) is 23.7 Å². The molecule has 0 spiro atoms. The fraction of sp³-hybridized carbons (Fsp3) is 0.537. The molecule has 0 radical (unpaired) electrons. The zero-order valence-electron chi connectivity index (χ0n) is 50.7. The van der Waals surface area contributed by atoms with E-state index in [4.69, 9.17) is 38.3 Å². The van der Waals surface area contributed by atoms with Gasteiger partial charge in [0.15, 0.2) is 6.10 Å². The van der Waals surface area contributed by atoms with Crippen molar-refractivity contribution in [1.29, 1.82) is 0 Å². The van der Waals surface area contributed by atoms with Gasteiger partial charge in [0.25, 0.3) is 6.47 Å². The smallest absolute Gasteiger partial charge is 0.410 e. The van der Waals surface area contributed by atoms with Crippen LogP contribution in [0.3, 0.4) is 0 Å². The van der Waals surface area contributed by atoms with E-state index in [1.54, 1.807) is 34.6 Å². The third kappa shape index (κ3) is 29.6. The number of hydrogen-bond donors (Lipinski definition) is 1. The van der Waals surface area contributed by atoms with Crippen molar-refractivity contribution in [1.82, 2.24) is 4.90 Å². The van der Waals surface area contributed by atoms with E-state index in [-0.39, 0.29) is 82.9 Å². The molecule has 0 fully saturated rings. The summed E-state index contributed by atoms with van der Waals surface area (Å²) in [4.78, 5) is 89.9. The third-order valence-corrected chi connectivity index (χ3v) is 14.0. The molecule has 0 saturated heterocycles. The number of amides is 1. The highest BCUT2D eigenvalue weighted by molar-refractivity contribution is 5.74. The molecule has 0 bridgehead atoms. The molecule has 0 saturated carbocycles. The minimum Gasteiger partial charge on any atom is -0.483 e. The lowest BCUT2D eigenvalue weighted by Gasteiger charge is -2.27.